The molecule has 6 heteroatoms. The van der Waals surface area contributed by atoms with Crippen molar-refractivity contribution in [2.45, 2.75) is 101 Å². The third kappa shape index (κ3) is 7.65. The Morgan fingerprint density at radius 3 is 2.52 bits per heavy atom. The van der Waals surface area contributed by atoms with E-state index in [9.17, 15) is 5.11 Å². The number of hydrogen-bond acceptors (Lipinski definition) is 6. The summed E-state index contributed by atoms with van der Waals surface area (Å²) in [5.41, 5.74) is 0.527. The summed E-state index contributed by atoms with van der Waals surface area (Å²) in [4.78, 5) is 0. The molecule has 1 aromatic rings. The molecule has 31 heavy (non-hydrogen) atoms. The Morgan fingerprint density at radius 2 is 1.81 bits per heavy atom. The molecule has 1 unspecified atom stereocenters. The molecular weight excluding hydrogens is 428 g/mol. The van der Waals surface area contributed by atoms with E-state index in [0.717, 1.165) is 49.2 Å². The highest BCUT2D eigenvalue weighted by Gasteiger charge is 2.48. The Hall–Kier alpha value is -0.240. The average Bonchev–Trinajstić information content (AvgIpc) is 2.76. The van der Waals surface area contributed by atoms with E-state index in [1.807, 2.05) is 41.7 Å². The second kappa shape index (κ2) is 12.9. The molecule has 0 spiro atoms. The van der Waals surface area contributed by atoms with Crippen molar-refractivity contribution in [1.82, 2.24) is 0 Å². The van der Waals surface area contributed by atoms with Gasteiger partial charge in [-0.1, -0.05) is 62.9 Å². The number of benzene rings is 1. The van der Waals surface area contributed by atoms with E-state index >= 15 is 0 Å². The van der Waals surface area contributed by atoms with Crippen molar-refractivity contribution in [2.24, 2.45) is 0 Å². The molecule has 1 aromatic carbocycles. The first kappa shape index (κ1) is 25.4. The van der Waals surface area contributed by atoms with Crippen LogP contribution in [0.25, 0.3) is 0 Å². The Balaban J connectivity index is 1.35. The predicted octanol–water partition coefficient (Wildman–Crippen LogP) is 6.36. The third-order valence-electron chi connectivity index (χ3n) is 6.22. The summed E-state index contributed by atoms with van der Waals surface area (Å²) in [6.07, 6.45) is 9.47. The highest BCUT2D eigenvalue weighted by atomic mass is 32.2. The number of hydrogen-bond donors (Lipinski definition) is 1. The van der Waals surface area contributed by atoms with Crippen molar-refractivity contribution >= 4 is 23.5 Å². The zero-order valence-electron chi connectivity index (χ0n) is 19.2. The quantitative estimate of drug-likeness (QED) is 0.321. The van der Waals surface area contributed by atoms with Gasteiger partial charge in [-0.15, -0.1) is 23.5 Å². The van der Waals surface area contributed by atoms with Crippen molar-refractivity contribution in [3.63, 3.8) is 0 Å². The van der Waals surface area contributed by atoms with Gasteiger partial charge in [0.15, 0.2) is 12.6 Å². The van der Waals surface area contributed by atoms with Crippen molar-refractivity contribution in [1.29, 1.82) is 0 Å². The van der Waals surface area contributed by atoms with Crippen molar-refractivity contribution in [2.75, 3.05) is 18.1 Å². The molecule has 0 amide bonds. The van der Waals surface area contributed by atoms with Crippen LogP contribution in [0.4, 0.5) is 0 Å². The van der Waals surface area contributed by atoms with E-state index in [-0.39, 0.29) is 16.7 Å². The summed E-state index contributed by atoms with van der Waals surface area (Å²) < 4.78 is 17.3. The second-order valence-electron chi connectivity index (χ2n) is 8.91. The molecule has 176 valence electrons. The maximum atomic E-state index is 11.4. The van der Waals surface area contributed by atoms with Crippen molar-refractivity contribution in [3.05, 3.63) is 35.9 Å². The fourth-order valence-corrected chi connectivity index (χ4v) is 7.95. The van der Waals surface area contributed by atoms with Gasteiger partial charge < -0.3 is 19.3 Å². The van der Waals surface area contributed by atoms with Gasteiger partial charge in [-0.2, -0.15) is 0 Å². The van der Waals surface area contributed by atoms with E-state index in [1.54, 1.807) is 0 Å². The number of thioether (sulfide) groups is 2. The minimum absolute atomic E-state index is 0.0978. The summed E-state index contributed by atoms with van der Waals surface area (Å²) in [7, 11) is 0. The summed E-state index contributed by atoms with van der Waals surface area (Å²) >= 11 is 3.96. The monoisotopic (exact) mass is 468 g/mol. The molecule has 2 saturated heterocycles. The van der Waals surface area contributed by atoms with Crippen molar-refractivity contribution in [3.8, 4) is 0 Å². The number of aliphatic hydroxyl groups is 1. The molecule has 0 bridgehead atoms. The van der Waals surface area contributed by atoms with Crippen LogP contribution >= 0.6 is 23.5 Å². The van der Waals surface area contributed by atoms with Crippen LogP contribution in [0.5, 0.6) is 0 Å². The highest BCUT2D eigenvalue weighted by molar-refractivity contribution is 8.18. The summed E-state index contributed by atoms with van der Waals surface area (Å²) in [6.45, 7) is 5.35. The Morgan fingerprint density at radius 1 is 1.06 bits per heavy atom. The second-order valence-corrected chi connectivity index (χ2v) is 12.0. The SMILES string of the molecule is CCCCCCC(C)(O)C1(CCCC2OC(COCc3ccccc3)O2)SCCCS1. The Kier molecular flexibility index (Phi) is 10.5. The van der Waals surface area contributed by atoms with E-state index in [0.29, 0.717) is 13.2 Å². The van der Waals surface area contributed by atoms with Crippen LogP contribution in [0.1, 0.15) is 77.2 Å². The van der Waals surface area contributed by atoms with Crippen LogP contribution in [0, 0.1) is 0 Å². The van der Waals surface area contributed by atoms with Crippen molar-refractivity contribution < 1.29 is 19.3 Å². The number of ether oxygens (including phenoxy) is 3. The number of unbranched alkanes of at least 4 members (excludes halogenated alkanes) is 3. The van der Waals surface area contributed by atoms with Gasteiger partial charge >= 0.3 is 0 Å². The Bertz CT molecular complexity index is 613. The molecule has 3 rings (SSSR count). The predicted molar refractivity (Wildman–Crippen MR) is 131 cm³/mol. The lowest BCUT2D eigenvalue weighted by Crippen LogP contribution is -2.49. The minimum atomic E-state index is -0.633. The van der Waals surface area contributed by atoms with Gasteiger partial charge in [-0.25, -0.2) is 0 Å². The summed E-state index contributed by atoms with van der Waals surface area (Å²) in [5.74, 6) is 2.30. The first-order valence-corrected chi connectivity index (χ1v) is 13.9. The topological polar surface area (TPSA) is 47.9 Å². The van der Waals surface area contributed by atoms with Crippen LogP contribution in [0.3, 0.4) is 0 Å². The van der Waals surface area contributed by atoms with Gasteiger partial charge in [0, 0.05) is 0 Å². The lowest BCUT2D eigenvalue weighted by Gasteiger charge is -2.47. The molecule has 1 atom stereocenters. The molecule has 2 aliphatic rings. The fourth-order valence-electron chi connectivity index (χ4n) is 4.30. The highest BCUT2D eigenvalue weighted by Crippen LogP contribution is 2.54. The summed E-state index contributed by atoms with van der Waals surface area (Å²) in [5, 5.41) is 11.4. The number of rotatable bonds is 14. The van der Waals surface area contributed by atoms with E-state index in [1.165, 1.54) is 25.7 Å². The van der Waals surface area contributed by atoms with Gasteiger partial charge in [0.05, 0.1) is 22.9 Å². The van der Waals surface area contributed by atoms with Crippen LogP contribution in [0.2, 0.25) is 0 Å². The molecule has 4 nitrogen and oxygen atoms in total. The third-order valence-corrected chi connectivity index (χ3v) is 10.1. The zero-order chi connectivity index (χ0) is 22.0. The molecule has 2 fully saturated rings. The lowest BCUT2D eigenvalue weighted by molar-refractivity contribution is -0.394. The fraction of sp³-hybridized carbons (Fsp3) is 0.760. The first-order chi connectivity index (χ1) is 15.0. The smallest absolute Gasteiger partial charge is 0.186 e. The Labute approximate surface area is 197 Å². The maximum absolute atomic E-state index is 11.4. The van der Waals surface area contributed by atoms with Crippen LogP contribution < -0.4 is 0 Å². The van der Waals surface area contributed by atoms with Gasteiger partial charge in [0.2, 0.25) is 0 Å². The maximum Gasteiger partial charge on any atom is 0.186 e. The summed E-state index contributed by atoms with van der Waals surface area (Å²) in [6, 6.07) is 10.2. The molecular formula is C25H40O4S2. The van der Waals surface area contributed by atoms with Gasteiger partial charge in [0.25, 0.3) is 0 Å². The lowest BCUT2D eigenvalue weighted by atomic mass is 9.90. The van der Waals surface area contributed by atoms with Crippen LogP contribution in [0.15, 0.2) is 30.3 Å². The average molecular weight is 469 g/mol. The van der Waals surface area contributed by atoms with Gasteiger partial charge in [-0.3, -0.25) is 0 Å². The molecule has 0 saturated carbocycles. The molecule has 0 aromatic heterocycles. The molecule has 2 aliphatic heterocycles. The van der Waals surface area contributed by atoms with Crippen LogP contribution in [-0.4, -0.2) is 45.5 Å². The minimum Gasteiger partial charge on any atom is -0.388 e. The first-order valence-electron chi connectivity index (χ1n) is 12.0. The molecule has 2 heterocycles. The molecule has 0 radical (unpaired) electrons. The van der Waals surface area contributed by atoms with E-state index < -0.39 is 5.60 Å². The largest absolute Gasteiger partial charge is 0.388 e. The standard InChI is InChI=1S/C25H40O4S2/c1-3-4-5-9-15-24(2,26)25(30-17-11-18-31-25)16-10-14-22-28-23(29-22)20-27-19-21-12-7-6-8-13-21/h6-8,12-13,22-23,26H,3-5,9-11,14-20H2,1-2H3. The van der Waals surface area contributed by atoms with Gasteiger partial charge in [0.1, 0.15) is 0 Å². The van der Waals surface area contributed by atoms with E-state index in [2.05, 4.69) is 26.0 Å². The van der Waals surface area contributed by atoms with E-state index in [4.69, 9.17) is 14.2 Å². The molecule has 0 aliphatic carbocycles. The normalized spacial score (nSPS) is 25.0. The zero-order valence-corrected chi connectivity index (χ0v) is 20.9. The van der Waals surface area contributed by atoms with Crippen LogP contribution in [-0.2, 0) is 20.8 Å². The molecule has 1 N–H and O–H groups in total. The van der Waals surface area contributed by atoms with Gasteiger partial charge in [-0.05, 0) is 56.1 Å².